The molecule has 0 radical (unpaired) electrons. The number of hydrogen-bond donors (Lipinski definition) is 0. The lowest BCUT2D eigenvalue weighted by atomic mass is 10.0. The number of pyridine rings is 1. The zero-order valence-electron chi connectivity index (χ0n) is 10.6. The molecule has 0 N–H and O–H groups in total. The topological polar surface area (TPSA) is 69.9 Å². The van der Waals surface area contributed by atoms with Crippen LogP contribution in [0, 0.1) is 5.92 Å². The van der Waals surface area contributed by atoms with Gasteiger partial charge in [0.15, 0.2) is 5.82 Å². The number of aromatic nitrogens is 4. The molecule has 2 aromatic rings. The minimum Gasteiger partial charge on any atom is -0.469 e. The van der Waals surface area contributed by atoms with Gasteiger partial charge in [-0.25, -0.2) is 9.67 Å². The van der Waals surface area contributed by atoms with Gasteiger partial charge < -0.3 is 4.74 Å². The van der Waals surface area contributed by atoms with Crippen molar-refractivity contribution in [3.05, 3.63) is 30.4 Å². The normalized spacial score (nSPS) is 17.8. The molecule has 6 nitrogen and oxygen atoms in total. The molecule has 1 unspecified atom stereocenters. The summed E-state index contributed by atoms with van der Waals surface area (Å²) in [4.78, 5) is 20.1. The van der Waals surface area contributed by atoms with E-state index in [1.165, 1.54) is 7.11 Å². The highest BCUT2D eigenvalue weighted by Crippen LogP contribution is 2.22. The Morgan fingerprint density at radius 3 is 3.16 bits per heavy atom. The van der Waals surface area contributed by atoms with Crippen molar-refractivity contribution in [2.24, 2.45) is 5.92 Å². The zero-order chi connectivity index (χ0) is 13.2. The van der Waals surface area contributed by atoms with E-state index in [1.54, 1.807) is 17.1 Å². The van der Waals surface area contributed by atoms with Gasteiger partial charge in [-0.2, -0.15) is 5.10 Å². The first-order valence-corrected chi connectivity index (χ1v) is 6.20. The number of nitrogens with zero attached hydrogens (tertiary/aromatic N) is 4. The quantitative estimate of drug-likeness (QED) is 0.754. The molecule has 3 rings (SSSR count). The van der Waals surface area contributed by atoms with Crippen molar-refractivity contribution in [3.63, 3.8) is 0 Å². The third kappa shape index (κ3) is 2.21. The Morgan fingerprint density at radius 2 is 2.42 bits per heavy atom. The van der Waals surface area contributed by atoms with Crippen LogP contribution in [0.1, 0.15) is 12.2 Å². The van der Waals surface area contributed by atoms with Crippen LogP contribution in [0.25, 0.3) is 11.4 Å². The van der Waals surface area contributed by atoms with Crippen molar-refractivity contribution in [3.8, 4) is 11.4 Å². The summed E-state index contributed by atoms with van der Waals surface area (Å²) in [6.45, 7) is 0.537. The molecule has 6 heteroatoms. The van der Waals surface area contributed by atoms with Gasteiger partial charge in [0.25, 0.3) is 0 Å². The van der Waals surface area contributed by atoms with E-state index in [9.17, 15) is 4.79 Å². The average molecular weight is 258 g/mol. The van der Waals surface area contributed by atoms with E-state index < -0.39 is 0 Å². The number of carbonyl (C=O) groups is 1. The highest BCUT2D eigenvalue weighted by molar-refractivity contribution is 5.72. The first-order chi connectivity index (χ1) is 9.28. The maximum Gasteiger partial charge on any atom is 0.310 e. The van der Waals surface area contributed by atoms with E-state index in [-0.39, 0.29) is 11.9 Å². The monoisotopic (exact) mass is 258 g/mol. The Balaban J connectivity index is 1.87. The Labute approximate surface area is 110 Å². The minimum absolute atomic E-state index is 0.124. The highest BCUT2D eigenvalue weighted by Gasteiger charge is 2.27. The summed E-state index contributed by atoms with van der Waals surface area (Å²) in [6.07, 6.45) is 4.96. The molecule has 1 atom stereocenters. The van der Waals surface area contributed by atoms with Gasteiger partial charge in [0.2, 0.25) is 0 Å². The SMILES string of the molecule is COC(=O)C1CCc2nc(-c3cccnc3)nn2C1. The largest absolute Gasteiger partial charge is 0.469 e. The summed E-state index contributed by atoms with van der Waals surface area (Å²) in [7, 11) is 1.42. The number of esters is 1. The highest BCUT2D eigenvalue weighted by atomic mass is 16.5. The lowest BCUT2D eigenvalue weighted by Crippen LogP contribution is -2.28. The van der Waals surface area contributed by atoms with Gasteiger partial charge in [-0.15, -0.1) is 0 Å². The van der Waals surface area contributed by atoms with Gasteiger partial charge in [-0.05, 0) is 18.6 Å². The number of fused-ring (bicyclic) bond motifs is 1. The molecule has 0 amide bonds. The van der Waals surface area contributed by atoms with Gasteiger partial charge in [0.1, 0.15) is 5.82 Å². The fourth-order valence-corrected chi connectivity index (χ4v) is 2.29. The number of methoxy groups -OCH3 is 1. The van der Waals surface area contributed by atoms with Crippen LogP contribution in [-0.2, 0) is 22.5 Å². The Hall–Kier alpha value is -2.24. The number of rotatable bonds is 2. The Kier molecular flexibility index (Phi) is 2.98. The smallest absolute Gasteiger partial charge is 0.310 e. The molecule has 2 aromatic heterocycles. The van der Waals surface area contributed by atoms with Crippen LogP contribution in [0.2, 0.25) is 0 Å². The van der Waals surface area contributed by atoms with Crippen molar-refractivity contribution in [2.45, 2.75) is 19.4 Å². The summed E-state index contributed by atoms with van der Waals surface area (Å²) >= 11 is 0. The number of ether oxygens (including phenoxy) is 1. The maximum absolute atomic E-state index is 11.6. The Morgan fingerprint density at radius 1 is 1.53 bits per heavy atom. The second kappa shape index (κ2) is 4.79. The third-order valence-corrected chi connectivity index (χ3v) is 3.31. The number of aryl methyl sites for hydroxylation is 1. The van der Waals surface area contributed by atoms with Gasteiger partial charge in [0, 0.05) is 24.4 Å². The first-order valence-electron chi connectivity index (χ1n) is 6.20. The molecule has 0 aromatic carbocycles. The fourth-order valence-electron chi connectivity index (χ4n) is 2.29. The van der Waals surface area contributed by atoms with Crippen molar-refractivity contribution < 1.29 is 9.53 Å². The summed E-state index contributed by atoms with van der Waals surface area (Å²) in [5.41, 5.74) is 0.888. The molecule has 19 heavy (non-hydrogen) atoms. The second-order valence-electron chi connectivity index (χ2n) is 4.53. The lowest BCUT2D eigenvalue weighted by molar-refractivity contribution is -0.146. The zero-order valence-corrected chi connectivity index (χ0v) is 10.6. The molecule has 1 aliphatic heterocycles. The number of carbonyl (C=O) groups excluding carboxylic acids is 1. The molecule has 0 bridgehead atoms. The van der Waals surface area contributed by atoms with Crippen LogP contribution in [0.15, 0.2) is 24.5 Å². The molecule has 0 saturated heterocycles. The molecule has 3 heterocycles. The molecule has 1 aliphatic rings. The second-order valence-corrected chi connectivity index (χ2v) is 4.53. The van der Waals surface area contributed by atoms with Gasteiger partial charge in [-0.1, -0.05) is 0 Å². The van der Waals surface area contributed by atoms with E-state index in [1.807, 2.05) is 12.1 Å². The van der Waals surface area contributed by atoms with Crippen molar-refractivity contribution in [1.82, 2.24) is 19.7 Å². The maximum atomic E-state index is 11.6. The van der Waals surface area contributed by atoms with Crippen LogP contribution >= 0.6 is 0 Å². The first kappa shape index (κ1) is 11.8. The minimum atomic E-state index is -0.177. The molecular weight excluding hydrogens is 244 g/mol. The van der Waals surface area contributed by atoms with Crippen molar-refractivity contribution in [2.75, 3.05) is 7.11 Å². The van der Waals surface area contributed by atoms with Crippen LogP contribution in [-0.4, -0.2) is 32.8 Å². The molecule has 0 aliphatic carbocycles. The van der Waals surface area contributed by atoms with Crippen molar-refractivity contribution >= 4 is 5.97 Å². The Bertz CT molecular complexity index is 594. The molecule has 0 fully saturated rings. The molecular formula is C13H14N4O2. The van der Waals surface area contributed by atoms with Crippen LogP contribution in [0.5, 0.6) is 0 Å². The fraction of sp³-hybridized carbons (Fsp3) is 0.385. The summed E-state index contributed by atoms with van der Waals surface area (Å²) in [5.74, 6) is 1.28. The van der Waals surface area contributed by atoms with Gasteiger partial charge in [0.05, 0.1) is 19.6 Å². The van der Waals surface area contributed by atoms with Gasteiger partial charge in [-0.3, -0.25) is 9.78 Å². The molecule has 0 spiro atoms. The number of hydrogen-bond acceptors (Lipinski definition) is 5. The summed E-state index contributed by atoms with van der Waals surface area (Å²) in [5, 5.41) is 4.45. The van der Waals surface area contributed by atoms with Crippen LogP contribution < -0.4 is 0 Å². The standard InChI is InChI=1S/C13H14N4O2/c1-19-13(18)10-4-5-11-15-12(16-17(11)8-10)9-3-2-6-14-7-9/h2-3,6-7,10H,4-5,8H2,1H3. The summed E-state index contributed by atoms with van der Waals surface area (Å²) < 4.78 is 6.58. The van der Waals surface area contributed by atoms with E-state index in [4.69, 9.17) is 4.74 Å². The average Bonchev–Trinajstić information content (AvgIpc) is 2.90. The van der Waals surface area contributed by atoms with E-state index >= 15 is 0 Å². The predicted octanol–water partition coefficient (Wildman–Crippen LogP) is 1.08. The molecule has 0 saturated carbocycles. The van der Waals surface area contributed by atoms with Crippen LogP contribution in [0.3, 0.4) is 0 Å². The van der Waals surface area contributed by atoms with Crippen LogP contribution in [0.4, 0.5) is 0 Å². The lowest BCUT2D eigenvalue weighted by Gasteiger charge is -2.19. The van der Waals surface area contributed by atoms with Crippen molar-refractivity contribution in [1.29, 1.82) is 0 Å². The summed E-state index contributed by atoms with van der Waals surface area (Å²) in [6, 6.07) is 3.78. The van der Waals surface area contributed by atoms with Gasteiger partial charge >= 0.3 is 5.97 Å². The third-order valence-electron chi connectivity index (χ3n) is 3.31. The van der Waals surface area contributed by atoms with E-state index in [0.717, 1.165) is 24.2 Å². The predicted molar refractivity (Wildman–Crippen MR) is 67.1 cm³/mol. The van der Waals surface area contributed by atoms with E-state index in [2.05, 4.69) is 15.1 Å². The van der Waals surface area contributed by atoms with E-state index in [0.29, 0.717) is 12.4 Å². The molecule has 98 valence electrons.